The first-order valence-electron chi connectivity index (χ1n) is 5.97. The molecule has 0 spiro atoms. The molecule has 0 aliphatic carbocycles. The van der Waals surface area contributed by atoms with Crippen LogP contribution in [0.15, 0.2) is 18.2 Å². The summed E-state index contributed by atoms with van der Waals surface area (Å²) in [6, 6.07) is 4.24. The van der Waals surface area contributed by atoms with Crippen LogP contribution in [-0.2, 0) is 9.53 Å². The van der Waals surface area contributed by atoms with Crippen molar-refractivity contribution in [3.8, 4) is 5.75 Å². The molecule has 0 fully saturated rings. The van der Waals surface area contributed by atoms with E-state index in [0.717, 1.165) is 6.42 Å². The predicted molar refractivity (Wildman–Crippen MR) is 66.8 cm³/mol. The van der Waals surface area contributed by atoms with Crippen LogP contribution < -0.4 is 10.5 Å². The van der Waals surface area contributed by atoms with Crippen LogP contribution in [0.1, 0.15) is 26.7 Å². The lowest BCUT2D eigenvalue weighted by atomic mass is 10.2. The Morgan fingerprint density at radius 1 is 1.44 bits per heavy atom. The molecule has 0 radical (unpaired) electrons. The van der Waals surface area contributed by atoms with Crippen molar-refractivity contribution in [2.45, 2.75) is 32.8 Å². The van der Waals surface area contributed by atoms with Gasteiger partial charge < -0.3 is 15.2 Å². The van der Waals surface area contributed by atoms with Crippen molar-refractivity contribution in [1.29, 1.82) is 0 Å². The normalized spacial score (nSPS) is 11.9. The molecular weight excluding hydrogens is 237 g/mol. The van der Waals surface area contributed by atoms with Gasteiger partial charge in [-0.3, -0.25) is 0 Å². The number of nitrogen functional groups attached to an aromatic ring is 1. The summed E-state index contributed by atoms with van der Waals surface area (Å²) in [5, 5.41) is 0. The molecule has 100 valence electrons. The number of carbonyl (C=O) groups is 1. The minimum absolute atomic E-state index is 0.0935. The number of anilines is 1. The first-order chi connectivity index (χ1) is 8.60. The van der Waals surface area contributed by atoms with Gasteiger partial charge in [0.1, 0.15) is 0 Å². The van der Waals surface area contributed by atoms with Gasteiger partial charge in [0, 0.05) is 0 Å². The van der Waals surface area contributed by atoms with E-state index in [1.807, 2.05) is 6.92 Å². The molecule has 0 aliphatic rings. The molecule has 0 amide bonds. The van der Waals surface area contributed by atoms with Crippen LogP contribution in [0, 0.1) is 5.82 Å². The molecular formula is C13H18FNO3. The third kappa shape index (κ3) is 3.61. The maximum Gasteiger partial charge on any atom is 0.347 e. The first-order valence-corrected chi connectivity index (χ1v) is 5.97. The van der Waals surface area contributed by atoms with Crippen molar-refractivity contribution < 1.29 is 18.7 Å². The van der Waals surface area contributed by atoms with Crippen molar-refractivity contribution in [3.05, 3.63) is 24.0 Å². The van der Waals surface area contributed by atoms with Gasteiger partial charge in [-0.25, -0.2) is 9.18 Å². The molecule has 1 aromatic carbocycles. The molecule has 1 atom stereocenters. The quantitative estimate of drug-likeness (QED) is 0.626. The Hall–Kier alpha value is -1.78. The van der Waals surface area contributed by atoms with Crippen molar-refractivity contribution in [2.24, 2.45) is 0 Å². The molecule has 18 heavy (non-hydrogen) atoms. The van der Waals surface area contributed by atoms with Crippen molar-refractivity contribution in [2.75, 3.05) is 12.3 Å². The lowest BCUT2D eigenvalue weighted by Gasteiger charge is -2.18. The van der Waals surface area contributed by atoms with E-state index in [9.17, 15) is 9.18 Å². The Labute approximate surface area is 106 Å². The second-order valence-electron chi connectivity index (χ2n) is 3.81. The number of benzene rings is 1. The van der Waals surface area contributed by atoms with Gasteiger partial charge in [0.05, 0.1) is 12.3 Å². The largest absolute Gasteiger partial charge is 0.473 e. The van der Waals surface area contributed by atoms with E-state index in [4.69, 9.17) is 15.2 Å². The van der Waals surface area contributed by atoms with Gasteiger partial charge in [0.25, 0.3) is 0 Å². The lowest BCUT2D eigenvalue weighted by Crippen LogP contribution is -2.30. The highest BCUT2D eigenvalue weighted by Crippen LogP contribution is 2.26. The zero-order chi connectivity index (χ0) is 13.5. The van der Waals surface area contributed by atoms with Crippen LogP contribution in [-0.4, -0.2) is 18.7 Å². The maximum atomic E-state index is 13.5. The van der Waals surface area contributed by atoms with Crippen LogP contribution in [0.3, 0.4) is 0 Å². The van der Waals surface area contributed by atoms with Crippen molar-refractivity contribution in [3.63, 3.8) is 0 Å². The van der Waals surface area contributed by atoms with Crippen LogP contribution in [0.5, 0.6) is 5.75 Å². The molecule has 1 unspecified atom stereocenters. The summed E-state index contributed by atoms with van der Waals surface area (Å²) in [5.41, 5.74) is 5.79. The zero-order valence-corrected chi connectivity index (χ0v) is 10.6. The average Bonchev–Trinajstić information content (AvgIpc) is 2.33. The van der Waals surface area contributed by atoms with Crippen molar-refractivity contribution >= 4 is 11.7 Å². The summed E-state index contributed by atoms with van der Waals surface area (Å²) >= 11 is 0. The van der Waals surface area contributed by atoms with E-state index >= 15 is 0 Å². The second kappa shape index (κ2) is 6.83. The summed E-state index contributed by atoms with van der Waals surface area (Å²) in [7, 11) is 0. The summed E-state index contributed by atoms with van der Waals surface area (Å²) in [5.74, 6) is -1.17. The molecule has 0 aromatic heterocycles. The minimum Gasteiger partial charge on any atom is -0.473 e. The molecule has 0 saturated carbocycles. The Kier molecular flexibility index (Phi) is 5.42. The standard InChI is InChI=1S/C13H18FNO3/c1-3-6-11(13(16)17-4-2)18-12-9(14)7-5-8-10(12)15/h5,7-8,11H,3-4,6,15H2,1-2H3. The van der Waals surface area contributed by atoms with Crippen molar-refractivity contribution in [1.82, 2.24) is 0 Å². The highest BCUT2D eigenvalue weighted by Gasteiger charge is 2.23. The Bertz CT molecular complexity index is 389. The molecule has 0 aliphatic heterocycles. The Balaban J connectivity index is 2.86. The molecule has 1 rings (SSSR count). The summed E-state index contributed by atoms with van der Waals surface area (Å²) in [4.78, 5) is 11.6. The third-order valence-corrected chi connectivity index (χ3v) is 2.36. The molecule has 5 heteroatoms. The average molecular weight is 255 g/mol. The number of para-hydroxylation sites is 1. The number of nitrogens with two attached hydrogens (primary N) is 1. The van der Waals surface area contributed by atoms with Crippen LogP contribution >= 0.6 is 0 Å². The fourth-order valence-corrected chi connectivity index (χ4v) is 1.51. The first kappa shape index (κ1) is 14.3. The van der Waals surface area contributed by atoms with E-state index in [0.29, 0.717) is 6.42 Å². The zero-order valence-electron chi connectivity index (χ0n) is 10.6. The lowest BCUT2D eigenvalue weighted by molar-refractivity contribution is -0.151. The maximum absolute atomic E-state index is 13.5. The van der Waals surface area contributed by atoms with E-state index in [-0.39, 0.29) is 18.0 Å². The fraction of sp³-hybridized carbons (Fsp3) is 0.462. The second-order valence-corrected chi connectivity index (χ2v) is 3.81. The number of halogens is 1. The SMILES string of the molecule is CCCC(Oc1c(N)cccc1F)C(=O)OCC. The number of hydrogen-bond acceptors (Lipinski definition) is 4. The van der Waals surface area contributed by atoms with Gasteiger partial charge >= 0.3 is 5.97 Å². The van der Waals surface area contributed by atoms with Gasteiger partial charge in [0.2, 0.25) is 0 Å². The number of rotatable bonds is 6. The van der Waals surface area contributed by atoms with E-state index < -0.39 is 17.9 Å². The topological polar surface area (TPSA) is 61.5 Å². The smallest absolute Gasteiger partial charge is 0.347 e. The van der Waals surface area contributed by atoms with E-state index in [1.165, 1.54) is 18.2 Å². The molecule has 4 nitrogen and oxygen atoms in total. The monoisotopic (exact) mass is 255 g/mol. The highest BCUT2D eigenvalue weighted by atomic mass is 19.1. The summed E-state index contributed by atoms with van der Waals surface area (Å²) < 4.78 is 23.8. The highest BCUT2D eigenvalue weighted by molar-refractivity contribution is 5.75. The molecule has 1 aromatic rings. The number of ether oxygens (including phenoxy) is 2. The van der Waals surface area contributed by atoms with Crippen LogP contribution in [0.4, 0.5) is 10.1 Å². The van der Waals surface area contributed by atoms with E-state index in [1.54, 1.807) is 6.92 Å². The van der Waals surface area contributed by atoms with Gasteiger partial charge in [-0.15, -0.1) is 0 Å². The third-order valence-electron chi connectivity index (χ3n) is 2.36. The van der Waals surface area contributed by atoms with Crippen LogP contribution in [0.25, 0.3) is 0 Å². The Morgan fingerprint density at radius 2 is 2.17 bits per heavy atom. The minimum atomic E-state index is -0.825. The number of esters is 1. The van der Waals surface area contributed by atoms with Gasteiger partial charge in [-0.2, -0.15) is 0 Å². The van der Waals surface area contributed by atoms with Gasteiger partial charge in [-0.1, -0.05) is 19.4 Å². The number of hydrogen-bond donors (Lipinski definition) is 1. The molecule has 0 heterocycles. The molecule has 0 bridgehead atoms. The molecule has 0 saturated heterocycles. The summed E-state index contributed by atoms with van der Waals surface area (Å²) in [6.07, 6.45) is 0.346. The fourth-order valence-electron chi connectivity index (χ4n) is 1.51. The van der Waals surface area contributed by atoms with Gasteiger partial charge in [0.15, 0.2) is 17.7 Å². The predicted octanol–water partition coefficient (Wildman–Crippen LogP) is 2.52. The number of carbonyl (C=O) groups excluding carboxylic acids is 1. The Morgan fingerprint density at radius 3 is 2.72 bits per heavy atom. The summed E-state index contributed by atoms with van der Waals surface area (Å²) in [6.45, 7) is 3.87. The van der Waals surface area contributed by atoms with Crippen LogP contribution in [0.2, 0.25) is 0 Å². The molecule has 2 N–H and O–H groups in total. The van der Waals surface area contributed by atoms with Gasteiger partial charge in [-0.05, 0) is 25.5 Å². The van der Waals surface area contributed by atoms with E-state index in [2.05, 4.69) is 0 Å².